The number of pyridine rings is 1. The first-order valence-corrected chi connectivity index (χ1v) is 11.0. The number of aromatic nitrogens is 1. The summed E-state index contributed by atoms with van der Waals surface area (Å²) in [6, 6.07) is 8.48. The highest BCUT2D eigenvalue weighted by atomic mass is 32.2. The molecule has 2 rings (SSSR count). The Balaban J connectivity index is 2.43. The molecule has 0 saturated carbocycles. The van der Waals surface area contributed by atoms with Gasteiger partial charge in [0.05, 0.1) is 4.90 Å². The number of carbonyl (C=O) groups is 1. The van der Waals surface area contributed by atoms with Gasteiger partial charge in [0, 0.05) is 43.6 Å². The number of sulfonamides is 1. The lowest BCUT2D eigenvalue weighted by Crippen LogP contribution is -2.37. The van der Waals surface area contributed by atoms with Gasteiger partial charge in [-0.2, -0.15) is 4.31 Å². The Labute approximate surface area is 168 Å². The number of rotatable bonds is 8. The van der Waals surface area contributed by atoms with Crippen molar-refractivity contribution >= 4 is 15.9 Å². The van der Waals surface area contributed by atoms with Gasteiger partial charge in [-0.15, -0.1) is 0 Å². The summed E-state index contributed by atoms with van der Waals surface area (Å²) in [5.41, 5.74) is 2.08. The third-order valence-corrected chi connectivity index (χ3v) is 6.79. The standard InChI is InChI=1S/C21H29N3O3S/c1-6-23(7-2)28(26,27)19-11-10-17(5)20(13-19)21(25)24(16(3)4)15-18-9-8-12-22-14-18/h8-14,16H,6-7,15H2,1-5H3. The first-order valence-electron chi connectivity index (χ1n) is 9.53. The molecule has 28 heavy (non-hydrogen) atoms. The predicted molar refractivity (Wildman–Crippen MR) is 111 cm³/mol. The van der Waals surface area contributed by atoms with Crippen LogP contribution in [0.2, 0.25) is 0 Å². The van der Waals surface area contributed by atoms with E-state index >= 15 is 0 Å². The van der Waals surface area contributed by atoms with Crippen LogP contribution in [0.3, 0.4) is 0 Å². The largest absolute Gasteiger partial charge is 0.332 e. The van der Waals surface area contributed by atoms with Crippen molar-refractivity contribution in [3.05, 3.63) is 59.4 Å². The fourth-order valence-electron chi connectivity index (χ4n) is 3.04. The monoisotopic (exact) mass is 403 g/mol. The van der Waals surface area contributed by atoms with Crippen LogP contribution in [-0.2, 0) is 16.6 Å². The Bertz CT molecular complexity index is 908. The van der Waals surface area contributed by atoms with E-state index in [1.807, 2.05) is 32.9 Å². The van der Waals surface area contributed by atoms with E-state index in [1.54, 1.807) is 43.3 Å². The van der Waals surface area contributed by atoms with Crippen LogP contribution in [0.25, 0.3) is 0 Å². The van der Waals surface area contributed by atoms with Crippen molar-refractivity contribution in [3.8, 4) is 0 Å². The number of hydrogen-bond acceptors (Lipinski definition) is 4. The molecule has 0 aliphatic rings. The Morgan fingerprint density at radius 3 is 2.36 bits per heavy atom. The lowest BCUT2D eigenvalue weighted by Gasteiger charge is -2.28. The van der Waals surface area contributed by atoms with Crippen LogP contribution >= 0.6 is 0 Å². The van der Waals surface area contributed by atoms with Crippen molar-refractivity contribution in [1.29, 1.82) is 0 Å². The molecule has 0 atom stereocenters. The third-order valence-electron chi connectivity index (χ3n) is 4.74. The number of carbonyl (C=O) groups excluding carboxylic acids is 1. The molecule has 1 aromatic heterocycles. The van der Waals surface area contributed by atoms with Gasteiger partial charge in [0.15, 0.2) is 0 Å². The maximum atomic E-state index is 13.3. The maximum absolute atomic E-state index is 13.3. The minimum absolute atomic E-state index is 0.0462. The van der Waals surface area contributed by atoms with Crippen LogP contribution in [0.15, 0.2) is 47.6 Å². The van der Waals surface area contributed by atoms with Crippen molar-refractivity contribution in [2.45, 2.75) is 52.1 Å². The van der Waals surface area contributed by atoms with Gasteiger partial charge < -0.3 is 4.90 Å². The Morgan fingerprint density at radius 1 is 1.14 bits per heavy atom. The minimum Gasteiger partial charge on any atom is -0.332 e. The van der Waals surface area contributed by atoms with Crippen LogP contribution in [-0.4, -0.2) is 47.6 Å². The molecule has 0 unspecified atom stereocenters. The van der Waals surface area contributed by atoms with E-state index in [2.05, 4.69) is 4.98 Å². The minimum atomic E-state index is -3.63. The molecule has 7 heteroatoms. The summed E-state index contributed by atoms with van der Waals surface area (Å²) in [5, 5.41) is 0. The van der Waals surface area contributed by atoms with Gasteiger partial charge in [0.1, 0.15) is 0 Å². The molecular formula is C21H29N3O3S. The number of amides is 1. The highest BCUT2D eigenvalue weighted by Crippen LogP contribution is 2.22. The molecule has 152 valence electrons. The van der Waals surface area contributed by atoms with Crippen LogP contribution in [0.4, 0.5) is 0 Å². The average molecular weight is 404 g/mol. The van der Waals surface area contributed by atoms with Gasteiger partial charge in [0.25, 0.3) is 5.91 Å². The molecule has 0 radical (unpaired) electrons. The summed E-state index contributed by atoms with van der Waals surface area (Å²) in [6.45, 7) is 10.5. The van der Waals surface area contributed by atoms with Gasteiger partial charge in [-0.05, 0) is 50.1 Å². The molecule has 0 bridgehead atoms. The van der Waals surface area contributed by atoms with E-state index in [9.17, 15) is 13.2 Å². The average Bonchev–Trinajstić information content (AvgIpc) is 2.67. The Kier molecular flexibility index (Phi) is 7.32. The molecule has 0 N–H and O–H groups in total. The Hall–Kier alpha value is -2.25. The van der Waals surface area contributed by atoms with E-state index < -0.39 is 10.0 Å². The molecule has 0 aliphatic carbocycles. The number of benzene rings is 1. The summed E-state index contributed by atoms with van der Waals surface area (Å²) >= 11 is 0. The summed E-state index contributed by atoms with van der Waals surface area (Å²) in [4.78, 5) is 19.3. The highest BCUT2D eigenvalue weighted by Gasteiger charge is 2.26. The molecule has 1 aromatic carbocycles. The molecular weight excluding hydrogens is 374 g/mol. The van der Waals surface area contributed by atoms with Crippen molar-refractivity contribution in [1.82, 2.24) is 14.2 Å². The second-order valence-corrected chi connectivity index (χ2v) is 8.89. The zero-order valence-electron chi connectivity index (χ0n) is 17.2. The SMILES string of the molecule is CCN(CC)S(=O)(=O)c1ccc(C)c(C(=O)N(Cc2cccnc2)C(C)C)c1. The van der Waals surface area contributed by atoms with Crippen molar-refractivity contribution in [2.24, 2.45) is 0 Å². The molecule has 0 saturated heterocycles. The van der Waals surface area contributed by atoms with Gasteiger partial charge >= 0.3 is 0 Å². The molecule has 2 aromatic rings. The zero-order valence-corrected chi connectivity index (χ0v) is 18.0. The van der Waals surface area contributed by atoms with Crippen LogP contribution < -0.4 is 0 Å². The van der Waals surface area contributed by atoms with Crippen LogP contribution in [0, 0.1) is 6.92 Å². The topological polar surface area (TPSA) is 70.6 Å². The van der Waals surface area contributed by atoms with Crippen molar-refractivity contribution < 1.29 is 13.2 Å². The second-order valence-electron chi connectivity index (χ2n) is 6.95. The second kappa shape index (κ2) is 9.30. The van der Waals surface area contributed by atoms with E-state index in [0.29, 0.717) is 25.2 Å². The van der Waals surface area contributed by atoms with Gasteiger partial charge in [-0.3, -0.25) is 9.78 Å². The molecule has 0 fully saturated rings. The quantitative estimate of drug-likeness (QED) is 0.677. The van der Waals surface area contributed by atoms with Crippen molar-refractivity contribution in [2.75, 3.05) is 13.1 Å². The predicted octanol–water partition coefficient (Wildman–Crippen LogP) is 3.47. The zero-order chi connectivity index (χ0) is 20.9. The molecule has 1 heterocycles. The lowest BCUT2D eigenvalue weighted by molar-refractivity contribution is 0.0689. The summed E-state index contributed by atoms with van der Waals surface area (Å²) in [5.74, 6) is -0.187. The molecule has 1 amide bonds. The van der Waals surface area contributed by atoms with Crippen LogP contribution in [0.1, 0.15) is 49.2 Å². The number of hydrogen-bond donors (Lipinski definition) is 0. The third kappa shape index (κ3) is 4.77. The fourth-order valence-corrected chi connectivity index (χ4v) is 4.52. The van der Waals surface area contributed by atoms with E-state index in [1.165, 1.54) is 10.4 Å². The van der Waals surface area contributed by atoms with E-state index in [0.717, 1.165) is 11.1 Å². The van der Waals surface area contributed by atoms with E-state index in [-0.39, 0.29) is 16.8 Å². The normalized spacial score (nSPS) is 11.8. The highest BCUT2D eigenvalue weighted by molar-refractivity contribution is 7.89. The van der Waals surface area contributed by atoms with Crippen LogP contribution in [0.5, 0.6) is 0 Å². The first kappa shape index (κ1) is 22.0. The van der Waals surface area contributed by atoms with Gasteiger partial charge in [-0.25, -0.2) is 8.42 Å². The smallest absolute Gasteiger partial charge is 0.254 e. The first-order chi connectivity index (χ1) is 13.2. The van der Waals surface area contributed by atoms with Gasteiger partial charge in [-0.1, -0.05) is 26.0 Å². The van der Waals surface area contributed by atoms with E-state index in [4.69, 9.17) is 0 Å². The van der Waals surface area contributed by atoms with Gasteiger partial charge in [0.2, 0.25) is 10.0 Å². The number of aryl methyl sites for hydroxylation is 1. The molecule has 6 nitrogen and oxygen atoms in total. The Morgan fingerprint density at radius 2 is 1.82 bits per heavy atom. The molecule has 0 spiro atoms. The summed E-state index contributed by atoms with van der Waals surface area (Å²) in [7, 11) is -3.63. The number of nitrogens with zero attached hydrogens (tertiary/aromatic N) is 3. The fraction of sp³-hybridized carbons (Fsp3) is 0.429. The molecule has 0 aliphatic heterocycles. The summed E-state index contributed by atoms with van der Waals surface area (Å²) in [6.07, 6.45) is 3.42. The summed E-state index contributed by atoms with van der Waals surface area (Å²) < 4.78 is 27.1. The maximum Gasteiger partial charge on any atom is 0.254 e. The van der Waals surface area contributed by atoms with Crippen molar-refractivity contribution in [3.63, 3.8) is 0 Å². The lowest BCUT2D eigenvalue weighted by atomic mass is 10.1.